The zero-order valence-corrected chi connectivity index (χ0v) is 12.2. The average Bonchev–Trinajstić information content (AvgIpc) is 2.38. The van der Waals surface area contributed by atoms with Gasteiger partial charge in [0, 0.05) is 5.39 Å². The maximum atomic E-state index is 11.3. The summed E-state index contributed by atoms with van der Waals surface area (Å²) in [6, 6.07) is 6.72. The lowest BCUT2D eigenvalue weighted by molar-refractivity contribution is -0.252. The second-order valence-electron chi connectivity index (χ2n) is 6.03. The van der Waals surface area contributed by atoms with Crippen LogP contribution in [0.15, 0.2) is 24.3 Å². The summed E-state index contributed by atoms with van der Waals surface area (Å²) in [7, 11) is 0. The Bertz CT molecular complexity index is 698. The van der Waals surface area contributed by atoms with Gasteiger partial charge < -0.3 is 10.2 Å². The van der Waals surface area contributed by atoms with Crippen molar-refractivity contribution in [3.63, 3.8) is 0 Å². The summed E-state index contributed by atoms with van der Waals surface area (Å²) in [4.78, 5) is 15.4. The third-order valence-electron chi connectivity index (χ3n) is 3.44. The van der Waals surface area contributed by atoms with Crippen molar-refractivity contribution in [2.24, 2.45) is 0 Å². The van der Waals surface area contributed by atoms with E-state index in [9.17, 15) is 15.0 Å². The molecule has 0 fully saturated rings. The molecular formula is C16H18O5. The molecule has 0 atom stereocenters. The van der Waals surface area contributed by atoms with E-state index in [0.29, 0.717) is 10.9 Å². The topological polar surface area (TPSA) is 87.0 Å². The molecule has 0 aromatic heterocycles. The van der Waals surface area contributed by atoms with Crippen LogP contribution in [0, 0.1) is 0 Å². The van der Waals surface area contributed by atoms with Crippen molar-refractivity contribution < 1.29 is 25.2 Å². The van der Waals surface area contributed by atoms with Crippen LogP contribution < -0.4 is 0 Å². The van der Waals surface area contributed by atoms with Gasteiger partial charge >= 0.3 is 5.97 Å². The highest BCUT2D eigenvalue weighted by Crippen LogP contribution is 2.38. The Hall–Kier alpha value is -2.11. The predicted octanol–water partition coefficient (Wildman–Crippen LogP) is 3.53. The summed E-state index contributed by atoms with van der Waals surface area (Å²) >= 11 is 0. The van der Waals surface area contributed by atoms with E-state index in [2.05, 4.69) is 4.89 Å². The monoisotopic (exact) mass is 290 g/mol. The van der Waals surface area contributed by atoms with E-state index >= 15 is 0 Å². The largest absolute Gasteiger partial charge is 0.506 e. The number of hydrogen-bond donors (Lipinski definition) is 3. The van der Waals surface area contributed by atoms with E-state index in [1.165, 1.54) is 6.07 Å². The first-order valence-electron chi connectivity index (χ1n) is 6.54. The molecule has 0 heterocycles. The van der Waals surface area contributed by atoms with Crippen LogP contribution >= 0.6 is 0 Å². The van der Waals surface area contributed by atoms with E-state index in [0.717, 1.165) is 10.9 Å². The van der Waals surface area contributed by atoms with Crippen LogP contribution in [0.3, 0.4) is 0 Å². The van der Waals surface area contributed by atoms with E-state index in [-0.39, 0.29) is 23.3 Å². The van der Waals surface area contributed by atoms with Gasteiger partial charge in [-0.3, -0.25) is 5.26 Å². The Balaban J connectivity index is 2.85. The fourth-order valence-corrected chi connectivity index (χ4v) is 2.41. The molecule has 2 aromatic rings. The first kappa shape index (κ1) is 15.3. The number of carbonyl (C=O) groups is 1. The molecule has 0 saturated carbocycles. The molecule has 0 aliphatic rings. The van der Waals surface area contributed by atoms with Crippen LogP contribution in [0.4, 0.5) is 0 Å². The number of hydrogen-bond acceptors (Lipinski definition) is 4. The highest BCUT2D eigenvalue weighted by atomic mass is 17.1. The molecule has 5 nitrogen and oxygen atoms in total. The summed E-state index contributed by atoms with van der Waals surface area (Å²) in [5.74, 6) is -1.45. The Morgan fingerprint density at radius 1 is 1.19 bits per heavy atom. The fourth-order valence-electron chi connectivity index (χ4n) is 2.41. The lowest BCUT2D eigenvalue weighted by Crippen LogP contribution is -2.13. The highest BCUT2D eigenvalue weighted by molar-refractivity contribution is 6.02. The molecule has 0 unspecified atom stereocenters. The summed E-state index contributed by atoms with van der Waals surface area (Å²) < 4.78 is 0. The van der Waals surface area contributed by atoms with Crippen LogP contribution in [0.5, 0.6) is 5.75 Å². The molecule has 0 saturated heterocycles. The van der Waals surface area contributed by atoms with Crippen molar-refractivity contribution in [2.75, 3.05) is 0 Å². The van der Waals surface area contributed by atoms with Crippen LogP contribution in [-0.4, -0.2) is 21.4 Å². The molecule has 2 aromatic carbocycles. The van der Waals surface area contributed by atoms with E-state index in [1.54, 1.807) is 18.2 Å². The van der Waals surface area contributed by atoms with E-state index in [1.807, 2.05) is 20.8 Å². The second-order valence-corrected chi connectivity index (χ2v) is 6.03. The molecular weight excluding hydrogens is 272 g/mol. The second kappa shape index (κ2) is 5.35. The third-order valence-corrected chi connectivity index (χ3v) is 3.44. The molecule has 21 heavy (non-hydrogen) atoms. The molecule has 0 bridgehead atoms. The number of benzene rings is 2. The minimum absolute atomic E-state index is 0.0302. The number of carboxylic acids is 1. The van der Waals surface area contributed by atoms with Crippen molar-refractivity contribution >= 4 is 16.7 Å². The van der Waals surface area contributed by atoms with Crippen LogP contribution in [0.2, 0.25) is 0 Å². The van der Waals surface area contributed by atoms with Gasteiger partial charge in [-0.05, 0) is 34.1 Å². The highest BCUT2D eigenvalue weighted by Gasteiger charge is 2.23. The Labute approximate surface area is 122 Å². The minimum atomic E-state index is -1.18. The number of aromatic hydroxyl groups is 1. The molecule has 112 valence electrons. The average molecular weight is 290 g/mol. The van der Waals surface area contributed by atoms with Gasteiger partial charge in [0.15, 0.2) is 0 Å². The van der Waals surface area contributed by atoms with Gasteiger partial charge in [0.2, 0.25) is 0 Å². The van der Waals surface area contributed by atoms with Crippen molar-refractivity contribution in [1.82, 2.24) is 0 Å². The van der Waals surface area contributed by atoms with Crippen molar-refractivity contribution in [3.8, 4) is 5.75 Å². The lowest BCUT2D eigenvalue weighted by atomic mass is 9.82. The van der Waals surface area contributed by atoms with Gasteiger partial charge in [0.05, 0.1) is 0 Å². The third kappa shape index (κ3) is 2.84. The van der Waals surface area contributed by atoms with Crippen molar-refractivity contribution in [2.45, 2.75) is 32.8 Å². The molecule has 0 spiro atoms. The minimum Gasteiger partial charge on any atom is -0.506 e. The summed E-state index contributed by atoms with van der Waals surface area (Å²) in [5, 5.41) is 29.2. The summed E-state index contributed by atoms with van der Waals surface area (Å²) in [5.41, 5.74) is 1.08. The Kier molecular flexibility index (Phi) is 3.89. The fraction of sp³-hybridized carbons (Fsp3) is 0.312. The summed E-state index contributed by atoms with van der Waals surface area (Å²) in [6.07, 6.45) is 0. The Morgan fingerprint density at radius 2 is 1.86 bits per heavy atom. The number of aromatic carboxylic acids is 1. The van der Waals surface area contributed by atoms with Gasteiger partial charge in [-0.25, -0.2) is 9.68 Å². The molecule has 3 N–H and O–H groups in total. The molecule has 0 radical (unpaired) electrons. The lowest BCUT2D eigenvalue weighted by Gasteiger charge is -2.23. The molecule has 0 aliphatic carbocycles. The maximum absolute atomic E-state index is 11.3. The molecule has 0 amide bonds. The van der Waals surface area contributed by atoms with Crippen LogP contribution in [0.25, 0.3) is 10.8 Å². The summed E-state index contributed by atoms with van der Waals surface area (Å²) in [6.45, 7) is 5.91. The maximum Gasteiger partial charge on any atom is 0.339 e. The molecule has 2 rings (SSSR count). The predicted molar refractivity (Wildman–Crippen MR) is 78.7 cm³/mol. The first-order valence-corrected chi connectivity index (χ1v) is 6.54. The van der Waals surface area contributed by atoms with Crippen molar-refractivity contribution in [1.29, 1.82) is 0 Å². The number of carboxylic acid groups (broad SMARTS) is 1. The van der Waals surface area contributed by atoms with Crippen LogP contribution in [-0.2, 0) is 16.9 Å². The van der Waals surface area contributed by atoms with Gasteiger partial charge in [-0.1, -0.05) is 32.9 Å². The van der Waals surface area contributed by atoms with Gasteiger partial charge in [-0.15, -0.1) is 0 Å². The molecule has 0 aliphatic heterocycles. The Morgan fingerprint density at radius 3 is 2.38 bits per heavy atom. The number of fused-ring (bicyclic) bond motifs is 1. The van der Waals surface area contributed by atoms with Crippen LogP contribution in [0.1, 0.15) is 42.3 Å². The first-order chi connectivity index (χ1) is 9.75. The zero-order valence-electron chi connectivity index (χ0n) is 12.2. The smallest absolute Gasteiger partial charge is 0.339 e. The van der Waals surface area contributed by atoms with Gasteiger partial charge in [0.25, 0.3) is 0 Å². The number of phenols is 1. The standard InChI is InChI=1S/C16H18O5/c1-16(2,3)13-7-12(15(18)19)14(17)11-6-9(8-21-20)4-5-10(11)13/h4-7,17,20H,8H2,1-3H3,(H,18,19). The van der Waals surface area contributed by atoms with Gasteiger partial charge in [0.1, 0.15) is 17.9 Å². The SMILES string of the molecule is CC(C)(C)c1cc(C(=O)O)c(O)c2cc(COO)ccc12. The van der Waals surface area contributed by atoms with E-state index in [4.69, 9.17) is 5.26 Å². The van der Waals surface area contributed by atoms with E-state index < -0.39 is 5.97 Å². The quantitative estimate of drug-likeness (QED) is 0.594. The number of rotatable bonds is 3. The van der Waals surface area contributed by atoms with Crippen molar-refractivity contribution in [3.05, 3.63) is 41.0 Å². The molecule has 5 heteroatoms. The van der Waals surface area contributed by atoms with Gasteiger partial charge in [-0.2, -0.15) is 0 Å². The zero-order chi connectivity index (χ0) is 15.8. The normalized spacial score (nSPS) is 11.8.